The Morgan fingerprint density at radius 1 is 1.36 bits per heavy atom. The maximum absolute atomic E-state index is 4.52. The van der Waals surface area contributed by atoms with Gasteiger partial charge in [-0.25, -0.2) is 4.98 Å². The summed E-state index contributed by atoms with van der Waals surface area (Å²) in [6.07, 6.45) is 2.30. The molecule has 1 N–H and O–H groups in total. The molecule has 3 heteroatoms. The van der Waals surface area contributed by atoms with Crippen LogP contribution in [0.4, 0.5) is 0 Å². The van der Waals surface area contributed by atoms with Gasteiger partial charge in [-0.3, -0.25) is 0 Å². The third kappa shape index (κ3) is 3.76. The molecule has 1 aromatic rings. The molecule has 0 saturated carbocycles. The summed E-state index contributed by atoms with van der Waals surface area (Å²) in [5, 5.41) is 4.70. The molecule has 1 aromatic heterocycles. The first-order valence-electron chi connectivity index (χ1n) is 5.26. The van der Waals surface area contributed by atoms with Crippen molar-refractivity contribution in [1.29, 1.82) is 0 Å². The van der Waals surface area contributed by atoms with E-state index in [1.54, 1.807) is 0 Å². The standard InChI is InChI=1S/C11H20N2S/c1-8(2)12-7-5-6-11-13-9(3)10(4)14-11/h8,12H,5-7H2,1-4H3. The maximum atomic E-state index is 4.52. The van der Waals surface area contributed by atoms with Gasteiger partial charge < -0.3 is 5.32 Å². The van der Waals surface area contributed by atoms with Crippen molar-refractivity contribution in [1.82, 2.24) is 10.3 Å². The second-order valence-electron chi connectivity index (χ2n) is 3.96. The zero-order valence-electron chi connectivity index (χ0n) is 9.55. The van der Waals surface area contributed by atoms with E-state index in [1.807, 2.05) is 11.3 Å². The van der Waals surface area contributed by atoms with E-state index in [1.165, 1.54) is 22.0 Å². The molecule has 0 amide bonds. The number of aryl methyl sites for hydroxylation is 3. The Hall–Kier alpha value is -0.410. The van der Waals surface area contributed by atoms with Crippen LogP contribution in [0.2, 0.25) is 0 Å². The first-order chi connectivity index (χ1) is 6.59. The summed E-state index contributed by atoms with van der Waals surface area (Å²) in [6, 6.07) is 0.592. The molecule has 0 unspecified atom stereocenters. The fourth-order valence-electron chi connectivity index (χ4n) is 1.28. The van der Waals surface area contributed by atoms with Crippen molar-refractivity contribution in [3.05, 3.63) is 15.6 Å². The number of hydrogen-bond donors (Lipinski definition) is 1. The Morgan fingerprint density at radius 3 is 2.57 bits per heavy atom. The van der Waals surface area contributed by atoms with Crippen LogP contribution in [0.25, 0.3) is 0 Å². The van der Waals surface area contributed by atoms with Gasteiger partial charge in [0.25, 0.3) is 0 Å². The predicted octanol–water partition coefficient (Wildman–Crippen LogP) is 2.69. The lowest BCUT2D eigenvalue weighted by molar-refractivity contribution is 0.570. The molecule has 0 bridgehead atoms. The van der Waals surface area contributed by atoms with E-state index in [0.717, 1.165) is 13.0 Å². The van der Waals surface area contributed by atoms with Gasteiger partial charge in [0.15, 0.2) is 0 Å². The molecule has 0 atom stereocenters. The smallest absolute Gasteiger partial charge is 0.0931 e. The molecule has 2 nitrogen and oxygen atoms in total. The summed E-state index contributed by atoms with van der Waals surface area (Å²) in [7, 11) is 0. The van der Waals surface area contributed by atoms with Crippen LogP contribution in [-0.4, -0.2) is 17.6 Å². The summed E-state index contributed by atoms with van der Waals surface area (Å²) in [6.45, 7) is 9.68. The average Bonchev–Trinajstić information content (AvgIpc) is 2.40. The SMILES string of the molecule is Cc1nc(CCCNC(C)C)sc1C. The molecule has 0 aliphatic rings. The van der Waals surface area contributed by atoms with Crippen LogP contribution in [0.15, 0.2) is 0 Å². The van der Waals surface area contributed by atoms with Crippen molar-refractivity contribution in [2.45, 2.75) is 46.6 Å². The van der Waals surface area contributed by atoms with Crippen molar-refractivity contribution in [3.8, 4) is 0 Å². The van der Waals surface area contributed by atoms with Crippen LogP contribution in [0.1, 0.15) is 35.8 Å². The fraction of sp³-hybridized carbons (Fsp3) is 0.727. The summed E-state index contributed by atoms with van der Waals surface area (Å²) in [5.41, 5.74) is 1.20. The Labute approximate surface area is 90.8 Å². The minimum atomic E-state index is 0.592. The minimum Gasteiger partial charge on any atom is -0.315 e. The van der Waals surface area contributed by atoms with Crippen LogP contribution < -0.4 is 5.32 Å². The quantitative estimate of drug-likeness (QED) is 0.759. The van der Waals surface area contributed by atoms with E-state index in [9.17, 15) is 0 Å². The highest BCUT2D eigenvalue weighted by atomic mass is 32.1. The van der Waals surface area contributed by atoms with Crippen LogP contribution in [0.3, 0.4) is 0 Å². The van der Waals surface area contributed by atoms with Gasteiger partial charge in [0.05, 0.1) is 10.7 Å². The van der Waals surface area contributed by atoms with E-state index in [-0.39, 0.29) is 0 Å². The van der Waals surface area contributed by atoms with E-state index in [2.05, 4.69) is 38.0 Å². The second-order valence-corrected chi connectivity index (χ2v) is 5.25. The zero-order valence-corrected chi connectivity index (χ0v) is 10.4. The lowest BCUT2D eigenvalue weighted by atomic mass is 10.3. The third-order valence-corrected chi connectivity index (χ3v) is 3.33. The van der Waals surface area contributed by atoms with Crippen molar-refractivity contribution in [2.24, 2.45) is 0 Å². The van der Waals surface area contributed by atoms with Crippen LogP contribution in [0, 0.1) is 13.8 Å². The van der Waals surface area contributed by atoms with Gasteiger partial charge in [-0.05, 0) is 26.8 Å². The Kier molecular flexibility index (Phi) is 4.55. The first-order valence-corrected chi connectivity index (χ1v) is 6.07. The Balaban J connectivity index is 2.25. The molecule has 80 valence electrons. The summed E-state index contributed by atoms with van der Waals surface area (Å²) in [4.78, 5) is 5.88. The maximum Gasteiger partial charge on any atom is 0.0931 e. The van der Waals surface area contributed by atoms with Gasteiger partial charge in [-0.1, -0.05) is 13.8 Å². The molecule has 0 aliphatic carbocycles. The van der Waals surface area contributed by atoms with Gasteiger partial charge in [-0.2, -0.15) is 0 Å². The monoisotopic (exact) mass is 212 g/mol. The lowest BCUT2D eigenvalue weighted by Crippen LogP contribution is -2.23. The van der Waals surface area contributed by atoms with Crippen molar-refractivity contribution in [3.63, 3.8) is 0 Å². The van der Waals surface area contributed by atoms with E-state index in [0.29, 0.717) is 6.04 Å². The lowest BCUT2D eigenvalue weighted by Gasteiger charge is -2.06. The van der Waals surface area contributed by atoms with Crippen molar-refractivity contribution in [2.75, 3.05) is 6.54 Å². The molecular weight excluding hydrogens is 192 g/mol. The van der Waals surface area contributed by atoms with Crippen molar-refractivity contribution >= 4 is 11.3 Å². The topological polar surface area (TPSA) is 24.9 Å². The van der Waals surface area contributed by atoms with Crippen molar-refractivity contribution < 1.29 is 0 Å². The number of hydrogen-bond acceptors (Lipinski definition) is 3. The fourth-order valence-corrected chi connectivity index (χ4v) is 2.25. The predicted molar refractivity (Wildman–Crippen MR) is 63.0 cm³/mol. The minimum absolute atomic E-state index is 0.592. The molecule has 1 rings (SSSR count). The molecule has 14 heavy (non-hydrogen) atoms. The molecule has 1 heterocycles. The molecular formula is C11H20N2S. The van der Waals surface area contributed by atoms with E-state index < -0.39 is 0 Å². The molecule has 0 spiro atoms. The molecule has 0 radical (unpaired) electrons. The average molecular weight is 212 g/mol. The third-order valence-electron chi connectivity index (χ3n) is 2.19. The summed E-state index contributed by atoms with van der Waals surface area (Å²) in [5.74, 6) is 0. The second kappa shape index (κ2) is 5.47. The van der Waals surface area contributed by atoms with E-state index >= 15 is 0 Å². The Morgan fingerprint density at radius 2 is 2.07 bits per heavy atom. The number of nitrogens with one attached hydrogen (secondary N) is 1. The van der Waals surface area contributed by atoms with Crippen LogP contribution in [-0.2, 0) is 6.42 Å². The highest BCUT2D eigenvalue weighted by molar-refractivity contribution is 7.11. The number of rotatable bonds is 5. The van der Waals surface area contributed by atoms with Gasteiger partial charge >= 0.3 is 0 Å². The summed E-state index contributed by atoms with van der Waals surface area (Å²) < 4.78 is 0. The highest BCUT2D eigenvalue weighted by Gasteiger charge is 2.02. The van der Waals surface area contributed by atoms with Gasteiger partial charge in [0.2, 0.25) is 0 Å². The molecule has 0 aromatic carbocycles. The number of aromatic nitrogens is 1. The number of nitrogens with zero attached hydrogens (tertiary/aromatic N) is 1. The normalized spacial score (nSPS) is 11.2. The van der Waals surface area contributed by atoms with Gasteiger partial charge in [0.1, 0.15) is 0 Å². The largest absolute Gasteiger partial charge is 0.315 e. The van der Waals surface area contributed by atoms with E-state index in [4.69, 9.17) is 0 Å². The summed E-state index contributed by atoms with van der Waals surface area (Å²) >= 11 is 1.83. The molecule has 0 fully saturated rings. The molecule has 0 aliphatic heterocycles. The zero-order chi connectivity index (χ0) is 10.6. The molecule has 0 saturated heterocycles. The first kappa shape index (κ1) is 11.7. The number of thiazole rings is 1. The van der Waals surface area contributed by atoms with Crippen LogP contribution >= 0.6 is 11.3 Å². The highest BCUT2D eigenvalue weighted by Crippen LogP contribution is 2.17. The Bertz CT molecular complexity index is 259. The van der Waals surface area contributed by atoms with Gasteiger partial charge in [0, 0.05) is 17.3 Å². The van der Waals surface area contributed by atoms with Gasteiger partial charge in [-0.15, -0.1) is 11.3 Å². The van der Waals surface area contributed by atoms with Crippen LogP contribution in [0.5, 0.6) is 0 Å².